The lowest BCUT2D eigenvalue weighted by molar-refractivity contribution is 0.0482. The molecule has 16 heavy (non-hydrogen) atoms. The van der Waals surface area contributed by atoms with E-state index in [1.54, 1.807) is 12.1 Å². The van der Waals surface area contributed by atoms with Gasteiger partial charge in [0.25, 0.3) is 0 Å². The standard InChI is InChI=1S/C12H14O4/c13-5-1-6-16-12(14)10-2-3-11-9(8-10)4-7-15-11/h2-3,8,13H,1,4-7H2. The second-order valence-corrected chi connectivity index (χ2v) is 3.63. The van der Waals surface area contributed by atoms with Crippen LogP contribution in [-0.4, -0.2) is 30.9 Å². The molecule has 0 amide bonds. The summed E-state index contributed by atoms with van der Waals surface area (Å²) in [6, 6.07) is 5.31. The molecule has 86 valence electrons. The van der Waals surface area contributed by atoms with Crippen molar-refractivity contribution in [2.24, 2.45) is 0 Å². The number of hydrogen-bond donors (Lipinski definition) is 1. The lowest BCUT2D eigenvalue weighted by Crippen LogP contribution is -2.07. The van der Waals surface area contributed by atoms with E-state index in [4.69, 9.17) is 14.6 Å². The lowest BCUT2D eigenvalue weighted by atomic mass is 10.1. The van der Waals surface area contributed by atoms with Gasteiger partial charge in [0.05, 0.1) is 18.8 Å². The van der Waals surface area contributed by atoms with Crippen LogP contribution in [0.1, 0.15) is 22.3 Å². The first-order valence-corrected chi connectivity index (χ1v) is 5.35. The molecule has 0 atom stereocenters. The smallest absolute Gasteiger partial charge is 0.338 e. The zero-order chi connectivity index (χ0) is 11.4. The highest BCUT2D eigenvalue weighted by atomic mass is 16.5. The van der Waals surface area contributed by atoms with Crippen molar-refractivity contribution >= 4 is 5.97 Å². The Balaban J connectivity index is 2.01. The average molecular weight is 222 g/mol. The number of ether oxygens (including phenoxy) is 2. The van der Waals surface area contributed by atoms with Crippen molar-refractivity contribution in [3.8, 4) is 5.75 Å². The maximum absolute atomic E-state index is 11.6. The molecule has 4 heteroatoms. The first kappa shape index (κ1) is 11.0. The van der Waals surface area contributed by atoms with Gasteiger partial charge in [-0.2, -0.15) is 0 Å². The van der Waals surface area contributed by atoms with Gasteiger partial charge in [-0.15, -0.1) is 0 Å². The molecule has 1 aromatic carbocycles. The van der Waals surface area contributed by atoms with Crippen LogP contribution in [0.2, 0.25) is 0 Å². The fourth-order valence-corrected chi connectivity index (χ4v) is 1.63. The van der Waals surface area contributed by atoms with Crippen molar-refractivity contribution in [1.82, 2.24) is 0 Å². The van der Waals surface area contributed by atoms with Crippen LogP contribution in [0.25, 0.3) is 0 Å². The number of carbonyl (C=O) groups excluding carboxylic acids is 1. The summed E-state index contributed by atoms with van der Waals surface area (Å²) in [5, 5.41) is 8.57. The maximum Gasteiger partial charge on any atom is 0.338 e. The van der Waals surface area contributed by atoms with Gasteiger partial charge in [0, 0.05) is 19.4 Å². The van der Waals surface area contributed by atoms with E-state index in [0.717, 1.165) is 17.7 Å². The van der Waals surface area contributed by atoms with Crippen molar-refractivity contribution in [2.75, 3.05) is 19.8 Å². The Labute approximate surface area is 93.8 Å². The van der Waals surface area contributed by atoms with Gasteiger partial charge in [0.15, 0.2) is 0 Å². The van der Waals surface area contributed by atoms with E-state index in [2.05, 4.69) is 0 Å². The average Bonchev–Trinajstić information content (AvgIpc) is 2.76. The van der Waals surface area contributed by atoms with E-state index in [-0.39, 0.29) is 19.2 Å². The molecule has 2 rings (SSSR count). The second-order valence-electron chi connectivity index (χ2n) is 3.63. The topological polar surface area (TPSA) is 55.8 Å². The number of aliphatic hydroxyl groups is 1. The molecule has 0 fully saturated rings. The molecule has 1 aromatic rings. The van der Waals surface area contributed by atoms with Crippen LogP contribution < -0.4 is 4.74 Å². The molecule has 1 heterocycles. The van der Waals surface area contributed by atoms with Gasteiger partial charge in [-0.05, 0) is 23.8 Å². The van der Waals surface area contributed by atoms with Gasteiger partial charge in [0.2, 0.25) is 0 Å². The molecule has 0 unspecified atom stereocenters. The number of fused-ring (bicyclic) bond motifs is 1. The third-order valence-electron chi connectivity index (χ3n) is 2.46. The van der Waals surface area contributed by atoms with Crippen LogP contribution in [0.5, 0.6) is 5.75 Å². The van der Waals surface area contributed by atoms with Crippen LogP contribution in [0.3, 0.4) is 0 Å². The molecule has 0 aromatic heterocycles. The van der Waals surface area contributed by atoms with E-state index in [1.807, 2.05) is 6.07 Å². The summed E-state index contributed by atoms with van der Waals surface area (Å²) >= 11 is 0. The van der Waals surface area contributed by atoms with E-state index in [9.17, 15) is 4.79 Å². The molecular weight excluding hydrogens is 208 g/mol. The summed E-state index contributed by atoms with van der Waals surface area (Å²) in [6.45, 7) is 0.965. The quantitative estimate of drug-likeness (QED) is 0.613. The van der Waals surface area contributed by atoms with E-state index in [1.165, 1.54) is 0 Å². The molecule has 0 bridgehead atoms. The zero-order valence-corrected chi connectivity index (χ0v) is 8.94. The van der Waals surface area contributed by atoms with Gasteiger partial charge in [0.1, 0.15) is 5.75 Å². The summed E-state index contributed by atoms with van der Waals surface area (Å²) in [6.07, 6.45) is 1.31. The predicted molar refractivity (Wildman–Crippen MR) is 57.6 cm³/mol. The Kier molecular flexibility index (Phi) is 3.41. The number of carbonyl (C=O) groups is 1. The molecule has 1 aliphatic rings. The minimum Gasteiger partial charge on any atom is -0.493 e. The number of esters is 1. The number of rotatable bonds is 4. The van der Waals surface area contributed by atoms with E-state index >= 15 is 0 Å². The van der Waals surface area contributed by atoms with E-state index < -0.39 is 0 Å². The minimum absolute atomic E-state index is 0.0330. The predicted octanol–water partition coefficient (Wildman–Crippen LogP) is 1.16. The van der Waals surface area contributed by atoms with Crippen LogP contribution >= 0.6 is 0 Å². The van der Waals surface area contributed by atoms with Gasteiger partial charge in [-0.1, -0.05) is 0 Å². The molecule has 0 saturated carbocycles. The first-order chi connectivity index (χ1) is 7.81. The lowest BCUT2D eigenvalue weighted by Gasteiger charge is -2.05. The molecule has 0 spiro atoms. The van der Waals surface area contributed by atoms with Crippen LogP contribution in [0.4, 0.5) is 0 Å². The van der Waals surface area contributed by atoms with Gasteiger partial charge in [-0.3, -0.25) is 0 Å². The fourth-order valence-electron chi connectivity index (χ4n) is 1.63. The summed E-state index contributed by atoms with van der Waals surface area (Å²) in [5.74, 6) is 0.509. The highest BCUT2D eigenvalue weighted by Gasteiger charge is 2.15. The van der Waals surface area contributed by atoms with Gasteiger partial charge < -0.3 is 14.6 Å². The normalized spacial score (nSPS) is 13.1. The Morgan fingerprint density at radius 2 is 2.38 bits per heavy atom. The Hall–Kier alpha value is -1.55. The van der Waals surface area contributed by atoms with Crippen LogP contribution in [0.15, 0.2) is 18.2 Å². The molecular formula is C12H14O4. The SMILES string of the molecule is O=C(OCCCO)c1ccc2c(c1)CCO2. The molecule has 1 N–H and O–H groups in total. The molecule has 0 radical (unpaired) electrons. The van der Waals surface area contributed by atoms with Crippen LogP contribution in [0, 0.1) is 0 Å². The van der Waals surface area contributed by atoms with Crippen LogP contribution in [-0.2, 0) is 11.2 Å². The summed E-state index contributed by atoms with van der Waals surface area (Å²) in [5.41, 5.74) is 1.60. The van der Waals surface area contributed by atoms with Gasteiger partial charge in [-0.25, -0.2) is 4.79 Å². The number of aliphatic hydroxyl groups excluding tert-OH is 1. The summed E-state index contributed by atoms with van der Waals surface area (Å²) in [4.78, 5) is 11.6. The number of hydrogen-bond acceptors (Lipinski definition) is 4. The zero-order valence-electron chi connectivity index (χ0n) is 8.94. The molecule has 4 nitrogen and oxygen atoms in total. The molecule has 0 saturated heterocycles. The van der Waals surface area contributed by atoms with Crippen molar-refractivity contribution in [3.63, 3.8) is 0 Å². The largest absolute Gasteiger partial charge is 0.493 e. The fraction of sp³-hybridized carbons (Fsp3) is 0.417. The molecule has 1 aliphatic heterocycles. The third kappa shape index (κ3) is 2.33. The number of benzene rings is 1. The van der Waals surface area contributed by atoms with Crippen molar-refractivity contribution in [1.29, 1.82) is 0 Å². The van der Waals surface area contributed by atoms with E-state index in [0.29, 0.717) is 18.6 Å². The monoisotopic (exact) mass is 222 g/mol. The van der Waals surface area contributed by atoms with Crippen molar-refractivity contribution in [2.45, 2.75) is 12.8 Å². The Morgan fingerprint density at radius 1 is 1.50 bits per heavy atom. The first-order valence-electron chi connectivity index (χ1n) is 5.35. The molecule has 0 aliphatic carbocycles. The van der Waals surface area contributed by atoms with Crippen molar-refractivity contribution < 1.29 is 19.4 Å². The minimum atomic E-state index is -0.344. The van der Waals surface area contributed by atoms with Crippen molar-refractivity contribution in [3.05, 3.63) is 29.3 Å². The second kappa shape index (κ2) is 4.99. The highest BCUT2D eigenvalue weighted by molar-refractivity contribution is 5.89. The Morgan fingerprint density at radius 3 is 3.19 bits per heavy atom. The summed E-state index contributed by atoms with van der Waals surface area (Å²) in [7, 11) is 0. The third-order valence-corrected chi connectivity index (χ3v) is 2.46. The highest BCUT2D eigenvalue weighted by Crippen LogP contribution is 2.26. The van der Waals surface area contributed by atoms with Gasteiger partial charge >= 0.3 is 5.97 Å². The Bertz CT molecular complexity index is 387. The summed E-state index contributed by atoms with van der Waals surface area (Å²) < 4.78 is 10.3. The maximum atomic E-state index is 11.6.